The summed E-state index contributed by atoms with van der Waals surface area (Å²) in [6.45, 7) is 6.98. The number of benzene rings is 1. The third-order valence-electron chi connectivity index (χ3n) is 4.99. The average molecular weight is 375 g/mol. The van der Waals surface area contributed by atoms with Crippen molar-refractivity contribution in [2.24, 2.45) is 5.73 Å². The molecule has 0 bridgehead atoms. The number of halogens is 2. The monoisotopic (exact) mass is 375 g/mol. The van der Waals surface area contributed by atoms with E-state index in [-0.39, 0.29) is 17.9 Å². The molecule has 2 atom stereocenters. The van der Waals surface area contributed by atoms with E-state index in [4.69, 9.17) is 5.73 Å². The summed E-state index contributed by atoms with van der Waals surface area (Å²) >= 11 is 0. The fourth-order valence-corrected chi connectivity index (χ4v) is 3.42. The highest BCUT2D eigenvalue weighted by Crippen LogP contribution is 2.26. The maximum atomic E-state index is 14.0. The van der Waals surface area contributed by atoms with Crippen LogP contribution in [0.2, 0.25) is 0 Å². The van der Waals surface area contributed by atoms with Crippen LogP contribution in [0.25, 0.3) is 0 Å². The lowest BCUT2D eigenvalue weighted by Gasteiger charge is -2.23. The van der Waals surface area contributed by atoms with Crippen molar-refractivity contribution in [2.45, 2.75) is 39.3 Å². The third-order valence-corrected chi connectivity index (χ3v) is 4.99. The Morgan fingerprint density at radius 3 is 2.74 bits per heavy atom. The molecule has 0 saturated carbocycles. The molecule has 1 fully saturated rings. The predicted molar refractivity (Wildman–Crippen MR) is 98.6 cm³/mol. The van der Waals surface area contributed by atoms with Crippen LogP contribution in [0.5, 0.6) is 0 Å². The summed E-state index contributed by atoms with van der Waals surface area (Å²) in [5.41, 5.74) is 7.37. The van der Waals surface area contributed by atoms with Crippen molar-refractivity contribution in [3.05, 3.63) is 52.5 Å². The number of carbonyl (C=O) groups is 1. The molecular weight excluding hydrogens is 352 g/mol. The summed E-state index contributed by atoms with van der Waals surface area (Å²) in [5, 5.41) is 3.39. The van der Waals surface area contributed by atoms with Gasteiger partial charge in [-0.1, -0.05) is 6.07 Å². The standard InChI is InChI=1S/C19H23F2N5O/c1-10-11(2)24-18(17(22)27)25-19(10)26-7-6-14(9-26)23-12(3)15-5-4-13(20)8-16(15)21/h4-5,8,12,14,23H,6-7,9H2,1-3H3,(H2,22,27)/t12?,14-/m1/s1. The fourth-order valence-electron chi connectivity index (χ4n) is 3.42. The van der Waals surface area contributed by atoms with Gasteiger partial charge in [0.25, 0.3) is 5.91 Å². The minimum atomic E-state index is -0.659. The molecule has 2 heterocycles. The highest BCUT2D eigenvalue weighted by molar-refractivity contribution is 5.89. The van der Waals surface area contributed by atoms with E-state index in [9.17, 15) is 13.6 Å². The van der Waals surface area contributed by atoms with Crippen molar-refractivity contribution in [1.29, 1.82) is 0 Å². The summed E-state index contributed by atoms with van der Waals surface area (Å²) in [7, 11) is 0. The molecule has 0 spiro atoms. The van der Waals surface area contributed by atoms with Crippen LogP contribution in [0.4, 0.5) is 14.6 Å². The van der Waals surface area contributed by atoms with E-state index in [0.717, 1.165) is 24.6 Å². The van der Waals surface area contributed by atoms with Gasteiger partial charge in [-0.3, -0.25) is 4.79 Å². The van der Waals surface area contributed by atoms with Crippen molar-refractivity contribution in [3.8, 4) is 0 Å². The number of nitrogens with two attached hydrogens (primary N) is 1. The van der Waals surface area contributed by atoms with Crippen molar-refractivity contribution in [2.75, 3.05) is 18.0 Å². The van der Waals surface area contributed by atoms with Crippen LogP contribution in [0, 0.1) is 25.5 Å². The molecule has 2 aromatic rings. The molecular formula is C19H23F2N5O. The van der Waals surface area contributed by atoms with Crippen molar-refractivity contribution < 1.29 is 13.6 Å². The normalized spacial score (nSPS) is 18.0. The molecule has 1 amide bonds. The molecule has 3 N–H and O–H groups in total. The average Bonchev–Trinajstić information content (AvgIpc) is 3.05. The molecule has 1 unspecified atom stereocenters. The van der Waals surface area contributed by atoms with Crippen LogP contribution in [0.1, 0.15) is 46.8 Å². The van der Waals surface area contributed by atoms with Gasteiger partial charge >= 0.3 is 0 Å². The van der Waals surface area contributed by atoms with E-state index in [2.05, 4.69) is 20.2 Å². The molecule has 1 aliphatic rings. The first-order chi connectivity index (χ1) is 12.8. The number of rotatable bonds is 5. The van der Waals surface area contributed by atoms with Crippen molar-refractivity contribution in [3.63, 3.8) is 0 Å². The minimum absolute atomic E-state index is 0.00580. The first kappa shape index (κ1) is 19.2. The van der Waals surface area contributed by atoms with E-state index in [1.807, 2.05) is 20.8 Å². The molecule has 1 saturated heterocycles. The largest absolute Gasteiger partial charge is 0.363 e. The molecule has 144 valence electrons. The maximum Gasteiger partial charge on any atom is 0.286 e. The van der Waals surface area contributed by atoms with Gasteiger partial charge in [-0.15, -0.1) is 0 Å². The lowest BCUT2D eigenvalue weighted by atomic mass is 10.1. The van der Waals surface area contributed by atoms with E-state index < -0.39 is 17.5 Å². The van der Waals surface area contributed by atoms with Gasteiger partial charge < -0.3 is 16.0 Å². The molecule has 27 heavy (non-hydrogen) atoms. The van der Waals surface area contributed by atoms with Crippen LogP contribution < -0.4 is 16.0 Å². The zero-order valence-electron chi connectivity index (χ0n) is 15.6. The number of amides is 1. The third kappa shape index (κ3) is 4.05. The van der Waals surface area contributed by atoms with Gasteiger partial charge in [-0.25, -0.2) is 18.7 Å². The Morgan fingerprint density at radius 1 is 1.33 bits per heavy atom. The van der Waals surface area contributed by atoms with Crippen LogP contribution >= 0.6 is 0 Å². The fraction of sp³-hybridized carbons (Fsp3) is 0.421. The number of hydrogen-bond acceptors (Lipinski definition) is 5. The van der Waals surface area contributed by atoms with Gasteiger partial charge in [0, 0.05) is 48.1 Å². The molecule has 8 heteroatoms. The van der Waals surface area contributed by atoms with Crippen molar-refractivity contribution in [1.82, 2.24) is 15.3 Å². The van der Waals surface area contributed by atoms with Crippen molar-refractivity contribution >= 4 is 11.7 Å². The number of anilines is 1. The Bertz CT molecular complexity index is 873. The lowest BCUT2D eigenvalue weighted by Crippen LogP contribution is -2.35. The predicted octanol–water partition coefficient (Wildman–Crippen LogP) is 2.40. The second kappa shape index (κ2) is 7.56. The summed E-state index contributed by atoms with van der Waals surface area (Å²) in [4.78, 5) is 22.0. The smallest absolute Gasteiger partial charge is 0.286 e. The molecule has 1 aromatic carbocycles. The molecule has 1 aromatic heterocycles. The first-order valence-corrected chi connectivity index (χ1v) is 8.87. The van der Waals surface area contributed by atoms with Gasteiger partial charge in [0.05, 0.1) is 0 Å². The number of aromatic nitrogens is 2. The number of primary amides is 1. The summed E-state index contributed by atoms with van der Waals surface area (Å²) in [5.74, 6) is -1.10. The van der Waals surface area contributed by atoms with Gasteiger partial charge in [0.2, 0.25) is 5.82 Å². The van der Waals surface area contributed by atoms with Gasteiger partial charge in [0.1, 0.15) is 17.5 Å². The molecule has 1 aliphatic heterocycles. The quantitative estimate of drug-likeness (QED) is 0.838. The summed E-state index contributed by atoms with van der Waals surface area (Å²) in [6, 6.07) is 3.47. The summed E-state index contributed by atoms with van der Waals surface area (Å²) in [6.07, 6.45) is 0.835. The Kier molecular flexibility index (Phi) is 5.36. The number of nitrogens with one attached hydrogen (secondary N) is 1. The summed E-state index contributed by atoms with van der Waals surface area (Å²) < 4.78 is 27.1. The molecule has 0 radical (unpaired) electrons. The zero-order chi connectivity index (χ0) is 19.7. The highest BCUT2D eigenvalue weighted by atomic mass is 19.1. The minimum Gasteiger partial charge on any atom is -0.363 e. The molecule has 3 rings (SSSR count). The Balaban J connectivity index is 1.73. The SMILES string of the molecule is Cc1nc(C(N)=O)nc(N2CC[C@@H](NC(C)c3ccc(F)cc3F)C2)c1C. The molecule has 0 aliphatic carbocycles. The van der Waals surface area contributed by atoms with Crippen LogP contribution in [0.15, 0.2) is 18.2 Å². The number of carbonyl (C=O) groups excluding carboxylic acids is 1. The zero-order valence-corrected chi connectivity index (χ0v) is 15.6. The maximum absolute atomic E-state index is 14.0. The van der Waals surface area contributed by atoms with Crippen LogP contribution in [0.3, 0.4) is 0 Å². The topological polar surface area (TPSA) is 84.1 Å². The Hall–Kier alpha value is -2.61. The van der Waals surface area contributed by atoms with E-state index in [0.29, 0.717) is 23.6 Å². The van der Waals surface area contributed by atoms with Gasteiger partial charge in [-0.2, -0.15) is 0 Å². The van der Waals surface area contributed by atoms with Crippen LogP contribution in [-0.4, -0.2) is 35.0 Å². The van der Waals surface area contributed by atoms with E-state index in [1.54, 1.807) is 0 Å². The number of nitrogens with zero attached hydrogens (tertiary/aromatic N) is 3. The van der Waals surface area contributed by atoms with Gasteiger partial charge in [0.15, 0.2) is 0 Å². The molecule has 6 nitrogen and oxygen atoms in total. The number of hydrogen-bond donors (Lipinski definition) is 2. The second-order valence-electron chi connectivity index (χ2n) is 6.93. The van der Waals surface area contributed by atoms with E-state index in [1.165, 1.54) is 12.1 Å². The van der Waals surface area contributed by atoms with Crippen LogP contribution in [-0.2, 0) is 0 Å². The lowest BCUT2D eigenvalue weighted by molar-refractivity contribution is 0.0990. The second-order valence-corrected chi connectivity index (χ2v) is 6.93. The van der Waals surface area contributed by atoms with Gasteiger partial charge in [-0.05, 0) is 33.3 Å². The van der Waals surface area contributed by atoms with E-state index >= 15 is 0 Å². The number of aryl methyl sites for hydroxylation is 1. The Morgan fingerprint density at radius 2 is 2.07 bits per heavy atom. The Labute approximate surface area is 156 Å². The highest BCUT2D eigenvalue weighted by Gasteiger charge is 2.27. The first-order valence-electron chi connectivity index (χ1n) is 8.87.